The molecule has 0 aromatic heterocycles. The smallest absolute Gasteiger partial charge is 0.130 e. The van der Waals surface area contributed by atoms with Crippen LogP contribution in [0.25, 0.3) is 6.08 Å². The number of halogens is 2. The second-order valence-corrected chi connectivity index (χ2v) is 3.44. The third kappa shape index (κ3) is 2.56. The van der Waals surface area contributed by atoms with Gasteiger partial charge in [0.1, 0.15) is 5.82 Å². The summed E-state index contributed by atoms with van der Waals surface area (Å²) in [7, 11) is 0. The number of hydrogen-bond donors (Lipinski definition) is 1. The van der Waals surface area contributed by atoms with Gasteiger partial charge in [0, 0.05) is 11.6 Å². The van der Waals surface area contributed by atoms with Gasteiger partial charge in [-0.2, -0.15) is 0 Å². The Morgan fingerprint density at radius 2 is 2.00 bits per heavy atom. The summed E-state index contributed by atoms with van der Waals surface area (Å²) in [5, 5.41) is 0. The summed E-state index contributed by atoms with van der Waals surface area (Å²) in [6, 6.07) is 7.04. The zero-order chi connectivity index (χ0) is 9.26. The second-order valence-electron chi connectivity index (χ2n) is 3.44. The molecular formula is C11H13ClFN. The van der Waals surface area contributed by atoms with Crippen molar-refractivity contribution in [3.05, 3.63) is 41.7 Å². The lowest BCUT2D eigenvalue weighted by Crippen LogP contribution is -1.99. The van der Waals surface area contributed by atoms with Gasteiger partial charge in [0.2, 0.25) is 0 Å². The first-order valence-corrected chi connectivity index (χ1v) is 4.45. The zero-order valence-electron chi connectivity index (χ0n) is 7.69. The fraction of sp³-hybridized carbons (Fsp3) is 0.273. The normalized spacial score (nSPS) is 24.7. The standard InChI is InChI=1S/C11H12FN.ClH/c12-10-4-2-1-3-8(10)5-6-9-7-11(9)13;/h1-6,9,11H,7,13H2;1H. The van der Waals surface area contributed by atoms with Crippen molar-refractivity contribution < 1.29 is 4.39 Å². The van der Waals surface area contributed by atoms with Crippen molar-refractivity contribution in [2.24, 2.45) is 11.7 Å². The molecule has 0 heterocycles. The molecule has 0 aliphatic heterocycles. The molecule has 1 saturated carbocycles. The van der Waals surface area contributed by atoms with Crippen molar-refractivity contribution >= 4 is 18.5 Å². The molecule has 14 heavy (non-hydrogen) atoms. The highest BCUT2D eigenvalue weighted by Gasteiger charge is 2.30. The molecule has 3 heteroatoms. The molecule has 0 spiro atoms. The molecule has 1 aromatic carbocycles. The predicted octanol–water partition coefficient (Wildman–Crippen LogP) is 2.61. The van der Waals surface area contributed by atoms with Crippen LogP contribution in [0.15, 0.2) is 30.3 Å². The topological polar surface area (TPSA) is 26.0 Å². The van der Waals surface area contributed by atoms with Crippen LogP contribution in [-0.4, -0.2) is 6.04 Å². The highest BCUT2D eigenvalue weighted by atomic mass is 35.5. The average molecular weight is 214 g/mol. The Labute approximate surface area is 89.2 Å². The summed E-state index contributed by atoms with van der Waals surface area (Å²) in [5.41, 5.74) is 6.26. The number of rotatable bonds is 2. The maximum absolute atomic E-state index is 13.1. The number of hydrogen-bond acceptors (Lipinski definition) is 1. The monoisotopic (exact) mass is 213 g/mol. The maximum Gasteiger partial charge on any atom is 0.130 e. The van der Waals surface area contributed by atoms with E-state index >= 15 is 0 Å². The fourth-order valence-corrected chi connectivity index (χ4v) is 1.29. The molecule has 2 rings (SSSR count). The second kappa shape index (κ2) is 4.58. The van der Waals surface area contributed by atoms with E-state index in [1.54, 1.807) is 12.1 Å². The highest BCUT2D eigenvalue weighted by Crippen LogP contribution is 2.29. The van der Waals surface area contributed by atoms with Gasteiger partial charge in [-0.1, -0.05) is 30.4 Å². The lowest BCUT2D eigenvalue weighted by Gasteiger charge is -1.94. The molecule has 0 bridgehead atoms. The average Bonchev–Trinajstić information content (AvgIpc) is 2.81. The first-order valence-electron chi connectivity index (χ1n) is 4.45. The van der Waals surface area contributed by atoms with E-state index in [0.29, 0.717) is 17.5 Å². The number of nitrogens with two attached hydrogens (primary N) is 1. The third-order valence-electron chi connectivity index (χ3n) is 2.32. The van der Waals surface area contributed by atoms with E-state index in [-0.39, 0.29) is 18.2 Å². The molecular weight excluding hydrogens is 201 g/mol. The zero-order valence-corrected chi connectivity index (χ0v) is 8.51. The van der Waals surface area contributed by atoms with Gasteiger partial charge >= 0.3 is 0 Å². The van der Waals surface area contributed by atoms with Crippen LogP contribution in [0.2, 0.25) is 0 Å². The molecule has 0 radical (unpaired) electrons. The summed E-state index contributed by atoms with van der Waals surface area (Å²) >= 11 is 0. The minimum atomic E-state index is -0.173. The summed E-state index contributed by atoms with van der Waals surface area (Å²) in [4.78, 5) is 0. The molecule has 1 fully saturated rings. The molecule has 2 unspecified atom stereocenters. The summed E-state index contributed by atoms with van der Waals surface area (Å²) in [6.07, 6.45) is 4.83. The van der Waals surface area contributed by atoms with Gasteiger partial charge in [0.05, 0.1) is 0 Å². The molecule has 76 valence electrons. The molecule has 1 nitrogen and oxygen atoms in total. The molecule has 0 amide bonds. The lowest BCUT2D eigenvalue weighted by atomic mass is 10.2. The van der Waals surface area contributed by atoms with Crippen molar-refractivity contribution in [1.29, 1.82) is 0 Å². The molecule has 2 N–H and O–H groups in total. The van der Waals surface area contributed by atoms with Gasteiger partial charge < -0.3 is 5.73 Å². The molecule has 2 atom stereocenters. The maximum atomic E-state index is 13.1. The van der Waals surface area contributed by atoms with Crippen molar-refractivity contribution in [3.8, 4) is 0 Å². The first kappa shape index (κ1) is 11.2. The van der Waals surface area contributed by atoms with Crippen LogP contribution in [0.1, 0.15) is 12.0 Å². The van der Waals surface area contributed by atoms with Crippen LogP contribution >= 0.6 is 12.4 Å². The van der Waals surface area contributed by atoms with E-state index in [1.807, 2.05) is 18.2 Å². The van der Waals surface area contributed by atoms with Crippen molar-refractivity contribution in [3.63, 3.8) is 0 Å². The molecule has 1 aliphatic rings. The quantitative estimate of drug-likeness (QED) is 0.803. The minimum Gasteiger partial charge on any atom is -0.327 e. The molecule has 1 aromatic rings. The first-order chi connectivity index (χ1) is 6.27. The lowest BCUT2D eigenvalue weighted by molar-refractivity contribution is 0.625. The molecule has 1 aliphatic carbocycles. The van der Waals surface area contributed by atoms with E-state index in [0.717, 1.165) is 6.42 Å². The van der Waals surface area contributed by atoms with Crippen molar-refractivity contribution in [2.75, 3.05) is 0 Å². The van der Waals surface area contributed by atoms with Gasteiger partial charge in [0.15, 0.2) is 0 Å². The van der Waals surface area contributed by atoms with Crippen LogP contribution in [0.3, 0.4) is 0 Å². The largest absolute Gasteiger partial charge is 0.327 e. The van der Waals surface area contributed by atoms with E-state index < -0.39 is 0 Å². The minimum absolute atomic E-state index is 0. The van der Waals surface area contributed by atoms with Gasteiger partial charge in [-0.15, -0.1) is 12.4 Å². The fourth-order valence-electron chi connectivity index (χ4n) is 1.29. The van der Waals surface area contributed by atoms with Crippen LogP contribution < -0.4 is 5.73 Å². The van der Waals surface area contributed by atoms with Crippen molar-refractivity contribution in [2.45, 2.75) is 12.5 Å². The Bertz CT molecular complexity index is 338. The summed E-state index contributed by atoms with van der Waals surface area (Å²) in [5.74, 6) is 0.285. The van der Waals surface area contributed by atoms with Gasteiger partial charge in [0.25, 0.3) is 0 Å². The van der Waals surface area contributed by atoms with E-state index in [4.69, 9.17) is 5.73 Å². The Kier molecular flexibility index (Phi) is 3.67. The highest BCUT2D eigenvalue weighted by molar-refractivity contribution is 5.85. The third-order valence-corrected chi connectivity index (χ3v) is 2.32. The summed E-state index contributed by atoms with van der Waals surface area (Å²) in [6.45, 7) is 0. The Balaban J connectivity index is 0.000000980. The number of benzene rings is 1. The van der Waals surface area contributed by atoms with Gasteiger partial charge in [-0.05, 0) is 18.4 Å². The predicted molar refractivity (Wildman–Crippen MR) is 58.8 cm³/mol. The van der Waals surface area contributed by atoms with E-state index in [1.165, 1.54) is 6.07 Å². The van der Waals surface area contributed by atoms with E-state index in [9.17, 15) is 4.39 Å². The van der Waals surface area contributed by atoms with Crippen molar-refractivity contribution in [1.82, 2.24) is 0 Å². The SMILES string of the molecule is Cl.NC1CC1C=Cc1ccccc1F. The van der Waals surface area contributed by atoms with Crippen LogP contribution in [0.4, 0.5) is 4.39 Å². The Morgan fingerprint density at radius 1 is 1.36 bits per heavy atom. The van der Waals surface area contributed by atoms with Crippen LogP contribution in [0, 0.1) is 11.7 Å². The Hall–Kier alpha value is -0.860. The van der Waals surface area contributed by atoms with Gasteiger partial charge in [-0.3, -0.25) is 0 Å². The van der Waals surface area contributed by atoms with Crippen LogP contribution in [0.5, 0.6) is 0 Å². The Morgan fingerprint density at radius 3 is 2.57 bits per heavy atom. The summed E-state index contributed by atoms with van der Waals surface area (Å²) < 4.78 is 13.1. The van der Waals surface area contributed by atoms with Gasteiger partial charge in [-0.25, -0.2) is 4.39 Å². The molecule has 0 saturated heterocycles. The van der Waals surface area contributed by atoms with Crippen LogP contribution in [-0.2, 0) is 0 Å². The van der Waals surface area contributed by atoms with E-state index in [2.05, 4.69) is 0 Å².